The molecular weight excluding hydrogens is 390 g/mol. The van der Waals surface area contributed by atoms with E-state index in [4.69, 9.17) is 16.3 Å². The predicted octanol–water partition coefficient (Wildman–Crippen LogP) is 6.46. The van der Waals surface area contributed by atoms with Gasteiger partial charge in [0.25, 0.3) is 0 Å². The number of benzene rings is 3. The first-order valence-electron chi connectivity index (χ1n) is 10.9. The summed E-state index contributed by atoms with van der Waals surface area (Å²) in [5, 5.41) is 0.753. The summed E-state index contributed by atoms with van der Waals surface area (Å²) in [7, 11) is 0. The molecule has 0 bridgehead atoms. The van der Waals surface area contributed by atoms with Gasteiger partial charge in [0.2, 0.25) is 0 Å². The number of ether oxygens (including phenoxy) is 1. The zero-order valence-corrected chi connectivity index (χ0v) is 18.4. The van der Waals surface area contributed by atoms with Gasteiger partial charge in [-0.1, -0.05) is 83.9 Å². The van der Waals surface area contributed by atoms with Crippen LogP contribution in [0.3, 0.4) is 0 Å². The van der Waals surface area contributed by atoms with Crippen molar-refractivity contribution < 1.29 is 4.74 Å². The fourth-order valence-corrected chi connectivity index (χ4v) is 4.39. The van der Waals surface area contributed by atoms with E-state index < -0.39 is 0 Å². The average molecular weight is 420 g/mol. The van der Waals surface area contributed by atoms with Gasteiger partial charge in [0, 0.05) is 17.6 Å². The molecule has 3 aromatic carbocycles. The number of hydrogen-bond donors (Lipinski definition) is 0. The van der Waals surface area contributed by atoms with Gasteiger partial charge in [-0.15, -0.1) is 0 Å². The van der Waals surface area contributed by atoms with Gasteiger partial charge in [-0.3, -0.25) is 4.90 Å². The molecule has 0 saturated carbocycles. The van der Waals surface area contributed by atoms with E-state index in [1.54, 1.807) is 0 Å². The molecule has 1 fully saturated rings. The Hall–Kier alpha value is -2.13. The van der Waals surface area contributed by atoms with E-state index in [9.17, 15) is 0 Å². The predicted molar refractivity (Wildman–Crippen MR) is 125 cm³/mol. The van der Waals surface area contributed by atoms with Crippen molar-refractivity contribution in [3.8, 4) is 0 Å². The molecule has 1 heterocycles. The molecule has 0 radical (unpaired) electrons. The SMILES string of the molecule is Cc1ccc(CCN2CCC[C@@H]2COC(c2ccccc2)c2ccc(Cl)cc2)cc1. The summed E-state index contributed by atoms with van der Waals surface area (Å²) in [6.45, 7) is 5.14. The monoisotopic (exact) mass is 419 g/mol. The van der Waals surface area contributed by atoms with Gasteiger partial charge in [0.15, 0.2) is 0 Å². The van der Waals surface area contributed by atoms with Gasteiger partial charge in [-0.2, -0.15) is 0 Å². The van der Waals surface area contributed by atoms with Crippen LogP contribution < -0.4 is 0 Å². The molecule has 156 valence electrons. The van der Waals surface area contributed by atoms with Crippen molar-refractivity contribution in [2.75, 3.05) is 19.7 Å². The molecule has 2 atom stereocenters. The molecule has 0 aromatic heterocycles. The van der Waals surface area contributed by atoms with E-state index in [-0.39, 0.29) is 6.10 Å². The zero-order valence-electron chi connectivity index (χ0n) is 17.6. The van der Waals surface area contributed by atoms with Crippen molar-refractivity contribution in [1.29, 1.82) is 0 Å². The standard InChI is InChI=1S/C27H30ClNO/c1-21-9-11-22(12-10-21)17-19-29-18-5-8-26(29)20-30-27(23-6-3-2-4-7-23)24-13-15-25(28)16-14-24/h2-4,6-7,9-16,26-27H,5,8,17-20H2,1H3/t26-,27?/m1/s1. The summed E-state index contributed by atoms with van der Waals surface area (Å²) in [6.07, 6.45) is 3.48. The van der Waals surface area contributed by atoms with E-state index in [1.807, 2.05) is 18.2 Å². The molecule has 0 amide bonds. The van der Waals surface area contributed by atoms with Crippen LogP contribution >= 0.6 is 11.6 Å². The summed E-state index contributed by atoms with van der Waals surface area (Å²) in [5.41, 5.74) is 5.06. The molecule has 3 heteroatoms. The molecule has 30 heavy (non-hydrogen) atoms. The van der Waals surface area contributed by atoms with Crippen molar-refractivity contribution in [3.05, 3.63) is 106 Å². The first kappa shape index (κ1) is 21.1. The zero-order chi connectivity index (χ0) is 20.8. The average Bonchev–Trinajstić information content (AvgIpc) is 3.23. The number of nitrogens with zero attached hydrogens (tertiary/aromatic N) is 1. The maximum absolute atomic E-state index is 6.55. The molecular formula is C27H30ClNO. The van der Waals surface area contributed by atoms with Crippen LogP contribution in [0.25, 0.3) is 0 Å². The largest absolute Gasteiger partial charge is 0.367 e. The third-order valence-corrected chi connectivity index (χ3v) is 6.29. The molecule has 0 N–H and O–H groups in total. The number of rotatable bonds is 8. The molecule has 4 rings (SSSR count). The van der Waals surface area contributed by atoms with Crippen LogP contribution in [-0.2, 0) is 11.2 Å². The van der Waals surface area contributed by atoms with E-state index in [1.165, 1.54) is 29.5 Å². The third kappa shape index (κ3) is 5.51. The van der Waals surface area contributed by atoms with Crippen LogP contribution in [0, 0.1) is 6.92 Å². The molecule has 2 nitrogen and oxygen atoms in total. The Bertz CT molecular complexity index is 908. The smallest absolute Gasteiger partial charge is 0.108 e. The lowest BCUT2D eigenvalue weighted by Crippen LogP contribution is -2.35. The van der Waals surface area contributed by atoms with E-state index in [0.29, 0.717) is 6.04 Å². The van der Waals surface area contributed by atoms with Crippen LogP contribution in [0.2, 0.25) is 5.02 Å². The number of likely N-dealkylation sites (tertiary alicyclic amines) is 1. The van der Waals surface area contributed by atoms with E-state index in [2.05, 4.69) is 72.5 Å². The van der Waals surface area contributed by atoms with Crippen molar-refractivity contribution >= 4 is 11.6 Å². The minimum Gasteiger partial charge on any atom is -0.367 e. The van der Waals surface area contributed by atoms with Gasteiger partial charge in [0.1, 0.15) is 6.10 Å². The highest BCUT2D eigenvalue weighted by atomic mass is 35.5. The van der Waals surface area contributed by atoms with Crippen molar-refractivity contribution in [2.45, 2.75) is 38.3 Å². The van der Waals surface area contributed by atoms with Crippen LogP contribution in [0.4, 0.5) is 0 Å². The van der Waals surface area contributed by atoms with Crippen LogP contribution in [-0.4, -0.2) is 30.6 Å². The molecule has 1 aliphatic rings. The lowest BCUT2D eigenvalue weighted by atomic mass is 10.0. The quantitative estimate of drug-likeness (QED) is 0.415. The minimum atomic E-state index is -0.0667. The number of hydrogen-bond acceptors (Lipinski definition) is 2. The summed E-state index contributed by atoms with van der Waals surface area (Å²) < 4.78 is 6.55. The van der Waals surface area contributed by atoms with Gasteiger partial charge >= 0.3 is 0 Å². The molecule has 1 aliphatic heterocycles. The van der Waals surface area contributed by atoms with Crippen LogP contribution in [0.15, 0.2) is 78.9 Å². The Balaban J connectivity index is 1.40. The van der Waals surface area contributed by atoms with E-state index in [0.717, 1.165) is 36.7 Å². The van der Waals surface area contributed by atoms with Crippen molar-refractivity contribution in [1.82, 2.24) is 4.90 Å². The van der Waals surface area contributed by atoms with Crippen molar-refractivity contribution in [2.24, 2.45) is 0 Å². The molecule has 3 aromatic rings. The van der Waals surface area contributed by atoms with E-state index >= 15 is 0 Å². The minimum absolute atomic E-state index is 0.0667. The molecule has 1 saturated heterocycles. The highest BCUT2D eigenvalue weighted by molar-refractivity contribution is 6.30. The third-order valence-electron chi connectivity index (χ3n) is 6.04. The molecule has 1 unspecified atom stereocenters. The summed E-state index contributed by atoms with van der Waals surface area (Å²) >= 11 is 6.11. The second-order valence-electron chi connectivity index (χ2n) is 8.24. The maximum Gasteiger partial charge on any atom is 0.108 e. The van der Waals surface area contributed by atoms with Crippen LogP contribution in [0.5, 0.6) is 0 Å². The Morgan fingerprint density at radius 3 is 2.37 bits per heavy atom. The summed E-state index contributed by atoms with van der Waals surface area (Å²) in [4.78, 5) is 2.60. The number of aryl methyl sites for hydroxylation is 1. The summed E-state index contributed by atoms with van der Waals surface area (Å²) in [5.74, 6) is 0. The fourth-order valence-electron chi connectivity index (χ4n) is 4.26. The first-order valence-corrected chi connectivity index (χ1v) is 11.3. The maximum atomic E-state index is 6.55. The topological polar surface area (TPSA) is 12.5 Å². The van der Waals surface area contributed by atoms with Gasteiger partial charge in [-0.05, 0) is 61.6 Å². The lowest BCUT2D eigenvalue weighted by molar-refractivity contribution is 0.0381. The Morgan fingerprint density at radius 1 is 0.933 bits per heavy atom. The summed E-state index contributed by atoms with van der Waals surface area (Å²) in [6, 6.07) is 27.9. The highest BCUT2D eigenvalue weighted by Gasteiger charge is 2.26. The number of halogens is 1. The van der Waals surface area contributed by atoms with Gasteiger partial charge in [-0.25, -0.2) is 0 Å². The Kier molecular flexibility index (Phi) is 7.22. The van der Waals surface area contributed by atoms with Gasteiger partial charge in [0.05, 0.1) is 6.61 Å². The van der Waals surface area contributed by atoms with Gasteiger partial charge < -0.3 is 4.74 Å². The normalized spacial score (nSPS) is 17.9. The second kappa shape index (κ2) is 10.3. The lowest BCUT2D eigenvalue weighted by Gasteiger charge is -2.27. The van der Waals surface area contributed by atoms with Crippen LogP contribution in [0.1, 0.15) is 41.2 Å². The molecule has 0 spiro atoms. The fraction of sp³-hybridized carbons (Fsp3) is 0.333. The van der Waals surface area contributed by atoms with Crippen molar-refractivity contribution in [3.63, 3.8) is 0 Å². The Morgan fingerprint density at radius 2 is 1.63 bits per heavy atom. The molecule has 0 aliphatic carbocycles. The Labute approximate surface area is 185 Å². The first-order chi connectivity index (χ1) is 14.7. The second-order valence-corrected chi connectivity index (χ2v) is 8.68. The highest BCUT2D eigenvalue weighted by Crippen LogP contribution is 2.29.